The molecule has 5 rings (SSSR count). The van der Waals surface area contributed by atoms with Gasteiger partial charge in [0, 0.05) is 23.7 Å². The molecule has 0 saturated heterocycles. The summed E-state index contributed by atoms with van der Waals surface area (Å²) in [5.41, 5.74) is 4.89. The van der Waals surface area contributed by atoms with Crippen LogP contribution in [0.4, 0.5) is 18.9 Å². The van der Waals surface area contributed by atoms with Gasteiger partial charge in [0.1, 0.15) is 0 Å². The Morgan fingerprint density at radius 3 is 2.46 bits per heavy atom. The van der Waals surface area contributed by atoms with Crippen molar-refractivity contribution in [2.45, 2.75) is 47.0 Å². The number of para-hydroxylation sites is 1. The number of anilines is 1. The van der Waals surface area contributed by atoms with Gasteiger partial charge in [-0.15, -0.1) is 0 Å². The summed E-state index contributed by atoms with van der Waals surface area (Å²) in [6.45, 7) is 8.29. The Morgan fingerprint density at radius 1 is 0.974 bits per heavy atom. The fourth-order valence-electron chi connectivity index (χ4n) is 4.66. The van der Waals surface area contributed by atoms with E-state index in [1.54, 1.807) is 30.7 Å². The fraction of sp³-hybridized carbons (Fsp3) is 0.241. The predicted octanol–water partition coefficient (Wildman–Crippen LogP) is 6.56. The van der Waals surface area contributed by atoms with Crippen LogP contribution in [0.1, 0.15) is 45.5 Å². The van der Waals surface area contributed by atoms with Crippen LogP contribution in [-0.2, 0) is 19.3 Å². The van der Waals surface area contributed by atoms with Crippen LogP contribution in [0, 0.1) is 20.8 Å². The molecule has 0 aliphatic heterocycles. The van der Waals surface area contributed by atoms with Gasteiger partial charge in [0.25, 0.3) is 5.91 Å². The molecule has 7 nitrogen and oxygen atoms in total. The molecular formula is C29H27F3N6O. The highest BCUT2D eigenvalue weighted by atomic mass is 19.4. The van der Waals surface area contributed by atoms with Gasteiger partial charge in [0.15, 0.2) is 0 Å². The summed E-state index contributed by atoms with van der Waals surface area (Å²) in [5.74, 6) is -0.333. The lowest BCUT2D eigenvalue weighted by atomic mass is 10.0. The van der Waals surface area contributed by atoms with Gasteiger partial charge >= 0.3 is 6.18 Å². The smallest absolute Gasteiger partial charge is 0.319 e. The van der Waals surface area contributed by atoms with Crippen molar-refractivity contribution in [3.63, 3.8) is 0 Å². The molecule has 1 N–H and O–H groups in total. The molecule has 2 aromatic carbocycles. The first-order valence-electron chi connectivity index (χ1n) is 12.5. The molecule has 1 amide bonds. The quantitative estimate of drug-likeness (QED) is 0.269. The first-order valence-corrected chi connectivity index (χ1v) is 12.5. The van der Waals surface area contributed by atoms with Crippen molar-refractivity contribution < 1.29 is 18.0 Å². The number of aryl methyl sites for hydroxylation is 3. The molecule has 0 unspecified atom stereocenters. The number of halogens is 3. The van der Waals surface area contributed by atoms with E-state index < -0.39 is 11.7 Å². The molecule has 200 valence electrons. The number of benzene rings is 2. The Morgan fingerprint density at radius 2 is 1.74 bits per heavy atom. The topological polar surface area (TPSA) is 77.6 Å². The minimum Gasteiger partial charge on any atom is -0.319 e. The average molecular weight is 533 g/mol. The molecule has 3 heterocycles. The lowest BCUT2D eigenvalue weighted by Gasteiger charge is -2.12. The zero-order valence-electron chi connectivity index (χ0n) is 22.0. The first kappa shape index (κ1) is 26.1. The molecule has 0 aliphatic rings. The molecule has 0 bridgehead atoms. The zero-order chi connectivity index (χ0) is 27.9. The Bertz CT molecular complexity index is 1700. The molecule has 0 spiro atoms. The Balaban J connectivity index is 1.48. The summed E-state index contributed by atoms with van der Waals surface area (Å²) in [5, 5.41) is 12.7. The van der Waals surface area contributed by atoms with E-state index in [1.165, 1.54) is 6.07 Å². The number of hydrogen-bond donors (Lipinski definition) is 1. The summed E-state index contributed by atoms with van der Waals surface area (Å²) in [6, 6.07) is 14.3. The number of carbonyl (C=O) groups excluding carboxylic acids is 1. The number of fused-ring (bicyclic) bond motifs is 1. The number of pyridine rings is 1. The van der Waals surface area contributed by atoms with E-state index in [9.17, 15) is 18.0 Å². The SMILES string of the molecule is CCn1cc(-c2cc(C(=O)Nc3c(C)nn(Cc4cccc(C(F)(F)F)c4)c3C)c3ccccc3n2)c(C)n1. The maximum absolute atomic E-state index is 13.7. The molecule has 5 aromatic rings. The first-order chi connectivity index (χ1) is 18.5. The number of rotatable bonds is 6. The predicted molar refractivity (Wildman–Crippen MR) is 144 cm³/mol. The Labute approximate surface area is 223 Å². The Hall–Kier alpha value is -4.47. The van der Waals surface area contributed by atoms with Gasteiger partial charge in [-0.05, 0) is 57.5 Å². The number of aromatic nitrogens is 5. The van der Waals surface area contributed by atoms with E-state index in [0.717, 1.165) is 23.4 Å². The normalized spacial score (nSPS) is 11.8. The van der Waals surface area contributed by atoms with Gasteiger partial charge in [-0.2, -0.15) is 23.4 Å². The molecule has 0 saturated carbocycles. The summed E-state index contributed by atoms with van der Waals surface area (Å²) < 4.78 is 42.9. The second-order valence-corrected chi connectivity index (χ2v) is 9.41. The monoisotopic (exact) mass is 532 g/mol. The van der Waals surface area contributed by atoms with Crippen molar-refractivity contribution in [3.8, 4) is 11.3 Å². The zero-order valence-corrected chi connectivity index (χ0v) is 22.0. The maximum atomic E-state index is 13.7. The van der Waals surface area contributed by atoms with Gasteiger partial charge in [-0.1, -0.05) is 30.3 Å². The van der Waals surface area contributed by atoms with Crippen LogP contribution in [0.3, 0.4) is 0 Å². The lowest BCUT2D eigenvalue weighted by Crippen LogP contribution is -2.14. The van der Waals surface area contributed by atoms with E-state index in [-0.39, 0.29) is 12.5 Å². The van der Waals surface area contributed by atoms with Crippen molar-refractivity contribution in [2.24, 2.45) is 0 Å². The van der Waals surface area contributed by atoms with Crippen molar-refractivity contribution in [2.75, 3.05) is 5.32 Å². The summed E-state index contributed by atoms with van der Waals surface area (Å²) in [6.07, 6.45) is -2.51. The number of nitrogens with one attached hydrogen (secondary N) is 1. The molecule has 10 heteroatoms. The van der Waals surface area contributed by atoms with Crippen molar-refractivity contribution in [1.29, 1.82) is 0 Å². The van der Waals surface area contributed by atoms with Crippen LogP contribution in [0.2, 0.25) is 0 Å². The largest absolute Gasteiger partial charge is 0.416 e. The Kier molecular flexibility index (Phi) is 6.71. The third kappa shape index (κ3) is 5.14. The van der Waals surface area contributed by atoms with Crippen molar-refractivity contribution in [3.05, 3.63) is 94.6 Å². The molecule has 0 atom stereocenters. The lowest BCUT2D eigenvalue weighted by molar-refractivity contribution is -0.137. The third-order valence-corrected chi connectivity index (χ3v) is 6.71. The van der Waals surface area contributed by atoms with Crippen LogP contribution in [-0.4, -0.2) is 30.5 Å². The van der Waals surface area contributed by atoms with E-state index in [4.69, 9.17) is 4.98 Å². The molecule has 0 radical (unpaired) electrons. The highest BCUT2D eigenvalue weighted by Crippen LogP contribution is 2.31. The van der Waals surface area contributed by atoms with Crippen molar-refractivity contribution in [1.82, 2.24) is 24.5 Å². The molecular weight excluding hydrogens is 505 g/mol. The van der Waals surface area contributed by atoms with E-state index in [2.05, 4.69) is 15.5 Å². The average Bonchev–Trinajstić information content (AvgIpc) is 3.41. The second-order valence-electron chi connectivity index (χ2n) is 9.41. The summed E-state index contributed by atoms with van der Waals surface area (Å²) in [4.78, 5) is 18.4. The standard InChI is InChI=1S/C29H27F3N6O/c1-5-37-16-24(17(2)35-37)26-14-23(22-11-6-7-12-25(22)33-26)28(39)34-27-18(3)36-38(19(27)4)15-20-9-8-10-21(13-20)29(30,31)32/h6-14,16H,5,15H2,1-4H3,(H,34,39). The highest BCUT2D eigenvalue weighted by molar-refractivity contribution is 6.13. The van der Waals surface area contributed by atoms with Gasteiger partial charge < -0.3 is 5.32 Å². The van der Waals surface area contributed by atoms with E-state index in [1.807, 2.05) is 49.0 Å². The van der Waals surface area contributed by atoms with Gasteiger partial charge in [0.05, 0.1) is 51.7 Å². The van der Waals surface area contributed by atoms with E-state index >= 15 is 0 Å². The summed E-state index contributed by atoms with van der Waals surface area (Å²) >= 11 is 0. The summed E-state index contributed by atoms with van der Waals surface area (Å²) in [7, 11) is 0. The minimum atomic E-state index is -4.43. The van der Waals surface area contributed by atoms with Crippen molar-refractivity contribution >= 4 is 22.5 Å². The van der Waals surface area contributed by atoms with Gasteiger partial charge in [-0.25, -0.2) is 4.98 Å². The van der Waals surface area contributed by atoms with Gasteiger partial charge in [-0.3, -0.25) is 14.2 Å². The van der Waals surface area contributed by atoms with E-state index in [0.29, 0.717) is 51.3 Å². The number of amides is 1. The number of nitrogens with zero attached hydrogens (tertiary/aromatic N) is 5. The second kappa shape index (κ2) is 10.0. The fourth-order valence-corrected chi connectivity index (χ4v) is 4.66. The number of alkyl halides is 3. The van der Waals surface area contributed by atoms with Crippen LogP contribution >= 0.6 is 0 Å². The highest BCUT2D eigenvalue weighted by Gasteiger charge is 2.30. The van der Waals surface area contributed by atoms with Crippen LogP contribution in [0.25, 0.3) is 22.2 Å². The molecule has 0 fully saturated rings. The maximum Gasteiger partial charge on any atom is 0.416 e. The molecule has 39 heavy (non-hydrogen) atoms. The third-order valence-electron chi connectivity index (χ3n) is 6.71. The number of hydrogen-bond acceptors (Lipinski definition) is 4. The molecule has 3 aromatic heterocycles. The number of carbonyl (C=O) groups is 1. The van der Waals surface area contributed by atoms with Crippen LogP contribution < -0.4 is 5.32 Å². The minimum absolute atomic E-state index is 0.134. The van der Waals surface area contributed by atoms with Crippen LogP contribution in [0.15, 0.2) is 60.8 Å². The van der Waals surface area contributed by atoms with Gasteiger partial charge in [0.2, 0.25) is 0 Å². The van der Waals surface area contributed by atoms with Crippen LogP contribution in [0.5, 0.6) is 0 Å². The molecule has 0 aliphatic carbocycles.